The standard InChI is InChI=1S/Al.ClH.H2O.O.Zn.H/h;1H;1H2;;;/q+1;;;;+1;/p-2. The molecule has 0 saturated heterocycles. The molecule has 0 spiro atoms. The van der Waals surface area contributed by atoms with Gasteiger partial charge in [-0.15, -0.1) is 0 Å². The monoisotopic (exact) mass is 160 g/mol. The Labute approximate surface area is 43.5 Å². The minimum absolute atomic E-state index is 1.23. The van der Waals surface area contributed by atoms with E-state index in [1.807, 2.05) is 0 Å². The molecule has 0 radical (unpaired) electrons. The van der Waals surface area contributed by atoms with Crippen LogP contribution in [0.2, 0.25) is 0 Å². The van der Waals surface area contributed by atoms with Crippen molar-refractivity contribution in [1.82, 2.24) is 0 Å². The normalized spacial score (nSPS) is 5.00. The molecule has 0 saturated carbocycles. The van der Waals surface area contributed by atoms with Crippen LogP contribution in [0.15, 0.2) is 0 Å². The van der Waals surface area contributed by atoms with Crippen molar-refractivity contribution in [1.29, 1.82) is 0 Å². The van der Waals surface area contributed by atoms with E-state index in [2.05, 4.69) is 0 Å². The number of hydrogen-bond donors (Lipinski definition) is 1. The van der Waals surface area contributed by atoms with Crippen LogP contribution in [0.4, 0.5) is 0 Å². The Morgan fingerprint density at radius 1 is 2.00 bits per heavy atom. The average Bonchev–Trinajstić information content (AvgIpc) is 1.38. The van der Waals surface area contributed by atoms with Crippen molar-refractivity contribution in [3.05, 3.63) is 0 Å². The van der Waals surface area contributed by atoms with Gasteiger partial charge in [-0.1, -0.05) is 0 Å². The third kappa shape index (κ3) is 5.21. The van der Waals surface area contributed by atoms with Gasteiger partial charge in [-0.3, -0.25) is 0 Å². The Bertz CT molecular complexity index is 44.9. The molecule has 26 valence electrons. The summed E-state index contributed by atoms with van der Waals surface area (Å²) in [7, 11) is 4.93. The second-order valence-electron chi connectivity index (χ2n) is 0.726. The van der Waals surface area contributed by atoms with E-state index in [9.17, 15) is 3.57 Å². The SMILES string of the molecule is [O]=[Zn]([Cl])[AlH][OH]. The first kappa shape index (κ1) is 6.21. The molecule has 5 heavy (non-hydrogen) atoms. The molecule has 5 heteroatoms. The van der Waals surface area contributed by atoms with E-state index in [1.54, 1.807) is 0 Å². The van der Waals surface area contributed by atoms with E-state index < -0.39 is 26.1 Å². The van der Waals surface area contributed by atoms with E-state index in [-0.39, 0.29) is 0 Å². The number of hydrogen-bond acceptors (Lipinski definition) is 2. The van der Waals surface area contributed by atoms with E-state index in [4.69, 9.17) is 13.8 Å². The summed E-state index contributed by atoms with van der Waals surface area (Å²) in [4.78, 5) is 0. The molecule has 2 nitrogen and oxygen atoms in total. The summed E-state index contributed by atoms with van der Waals surface area (Å²) in [6.07, 6.45) is 0. The molecule has 0 aliphatic rings. The van der Waals surface area contributed by atoms with Gasteiger partial charge in [0.25, 0.3) is 0 Å². The number of halogens is 1. The summed E-state index contributed by atoms with van der Waals surface area (Å²) in [5, 5.41) is 0. The van der Waals surface area contributed by atoms with Crippen LogP contribution in [0.25, 0.3) is 0 Å². The molecule has 0 aromatic heterocycles. The van der Waals surface area contributed by atoms with Gasteiger partial charge in [-0.05, 0) is 0 Å². The molecular formula is H2AlClO2Zn. The average molecular weight is 162 g/mol. The summed E-state index contributed by atoms with van der Waals surface area (Å²) in [5.41, 5.74) is 0. The van der Waals surface area contributed by atoms with Crippen molar-refractivity contribution in [3.63, 3.8) is 0 Å². The first-order chi connectivity index (χ1) is 2.27. The summed E-state index contributed by atoms with van der Waals surface area (Å²) >= 11 is -3.98. The van der Waals surface area contributed by atoms with Crippen LogP contribution in [-0.2, 0) is 16.4 Å². The maximum absolute atomic E-state index is 9.68. The van der Waals surface area contributed by atoms with Crippen LogP contribution in [0, 0.1) is 0 Å². The quantitative estimate of drug-likeness (QED) is 0.520. The van der Waals surface area contributed by atoms with Gasteiger partial charge < -0.3 is 0 Å². The molecule has 0 aliphatic heterocycles. The van der Waals surface area contributed by atoms with Crippen molar-refractivity contribution in [2.75, 3.05) is 0 Å². The fourth-order valence-electron chi connectivity index (χ4n) is 0. The molecule has 0 rings (SSSR count). The van der Waals surface area contributed by atoms with Crippen LogP contribution in [0.5, 0.6) is 0 Å². The van der Waals surface area contributed by atoms with Crippen LogP contribution in [-0.4, -0.2) is 17.4 Å². The van der Waals surface area contributed by atoms with E-state index in [0.717, 1.165) is 0 Å². The van der Waals surface area contributed by atoms with Gasteiger partial charge in [0, 0.05) is 0 Å². The third-order valence-electron chi connectivity index (χ3n) is 0.176. The van der Waals surface area contributed by atoms with Crippen molar-refractivity contribution < 1.29 is 20.6 Å². The molecule has 1 N–H and O–H groups in total. The van der Waals surface area contributed by atoms with E-state index >= 15 is 0 Å². The van der Waals surface area contributed by atoms with E-state index in [1.165, 1.54) is 0 Å². The summed E-state index contributed by atoms with van der Waals surface area (Å²) < 4.78 is 17.6. The predicted octanol–water partition coefficient (Wildman–Crippen LogP) is -0.637. The van der Waals surface area contributed by atoms with Crippen LogP contribution >= 0.6 is 9.69 Å². The second kappa shape index (κ2) is 3.40. The minimum atomic E-state index is -2.75. The molecule has 0 amide bonds. The van der Waals surface area contributed by atoms with Gasteiger partial charge in [-0.2, -0.15) is 0 Å². The van der Waals surface area contributed by atoms with Gasteiger partial charge >= 0.3 is 43.5 Å². The predicted molar refractivity (Wildman–Crippen MR) is 15.9 cm³/mol. The van der Waals surface area contributed by atoms with Gasteiger partial charge in [-0.25, -0.2) is 0 Å². The van der Waals surface area contributed by atoms with Gasteiger partial charge in [0.15, 0.2) is 0 Å². The Morgan fingerprint density at radius 3 is 2.20 bits per heavy atom. The molecule has 0 bridgehead atoms. The summed E-state index contributed by atoms with van der Waals surface area (Å²) in [6, 6.07) is 0. The zero-order valence-corrected chi connectivity index (χ0v) is 7.78. The van der Waals surface area contributed by atoms with Crippen LogP contribution < -0.4 is 0 Å². The van der Waals surface area contributed by atoms with Crippen molar-refractivity contribution >= 4 is 22.9 Å². The fraction of sp³-hybridized carbons (Fsp3) is 0. The Hall–Kier alpha value is 1.21. The molecule has 0 heterocycles. The van der Waals surface area contributed by atoms with Crippen LogP contribution in [0.1, 0.15) is 0 Å². The maximum atomic E-state index is 9.68. The first-order valence-electron chi connectivity index (χ1n) is 1.37. The number of rotatable bonds is 1. The van der Waals surface area contributed by atoms with Crippen molar-refractivity contribution in [2.24, 2.45) is 0 Å². The second-order valence-corrected chi connectivity index (χ2v) is 17.2. The van der Waals surface area contributed by atoms with Crippen LogP contribution in [0.3, 0.4) is 0 Å². The summed E-state index contributed by atoms with van der Waals surface area (Å²) in [6.45, 7) is 0. The first-order valence-corrected chi connectivity index (χ1v) is 14.4. The van der Waals surface area contributed by atoms with Crippen molar-refractivity contribution in [3.8, 4) is 0 Å². The van der Waals surface area contributed by atoms with E-state index in [0.29, 0.717) is 0 Å². The Kier molecular flexibility index (Phi) is 4.22. The molecule has 0 fully saturated rings. The van der Waals surface area contributed by atoms with Crippen molar-refractivity contribution in [2.45, 2.75) is 0 Å². The topological polar surface area (TPSA) is 37.3 Å². The molecular weight excluding hydrogens is 160 g/mol. The Morgan fingerprint density at radius 2 is 2.20 bits per heavy atom. The Balaban J connectivity index is 2.85. The molecule has 0 atom stereocenters. The fourth-order valence-corrected chi connectivity index (χ4v) is 0. The summed E-state index contributed by atoms with van der Waals surface area (Å²) in [5.74, 6) is 0. The van der Waals surface area contributed by atoms with Gasteiger partial charge in [0.2, 0.25) is 0 Å². The van der Waals surface area contributed by atoms with Gasteiger partial charge in [0.05, 0.1) is 0 Å². The molecule has 0 aromatic rings. The molecule has 0 unspecified atom stereocenters. The molecule has 0 aliphatic carbocycles. The van der Waals surface area contributed by atoms with Gasteiger partial charge in [0.1, 0.15) is 0 Å². The zero-order chi connectivity index (χ0) is 4.28. The zero-order valence-electron chi connectivity index (χ0n) is 2.65. The molecule has 0 aromatic carbocycles. The third-order valence-corrected chi connectivity index (χ3v) is 5.38.